The van der Waals surface area contributed by atoms with E-state index in [0.717, 1.165) is 25.1 Å². The minimum Gasteiger partial charge on any atom is -0.330 e. The lowest BCUT2D eigenvalue weighted by Gasteiger charge is -1.93. The Balaban J connectivity index is 2.55. The van der Waals surface area contributed by atoms with E-state index in [4.69, 9.17) is 5.73 Å². The maximum absolute atomic E-state index is 5.35. The molecule has 13 heavy (non-hydrogen) atoms. The molecule has 0 aliphatic carbocycles. The van der Waals surface area contributed by atoms with Gasteiger partial charge in [-0.25, -0.2) is 4.68 Å². The zero-order chi connectivity index (χ0) is 9.52. The predicted octanol–water partition coefficient (Wildman–Crippen LogP) is 0.388. The quantitative estimate of drug-likeness (QED) is 0.538. The molecule has 0 aliphatic rings. The Kier molecular flexibility index (Phi) is 4.00. The van der Waals surface area contributed by atoms with Gasteiger partial charge in [0.2, 0.25) is 0 Å². The van der Waals surface area contributed by atoms with Crippen molar-refractivity contribution >= 4 is 0 Å². The molecule has 0 aromatic carbocycles. The van der Waals surface area contributed by atoms with Gasteiger partial charge in [-0.15, -0.1) is 5.10 Å². The summed E-state index contributed by atoms with van der Waals surface area (Å²) in [6.07, 6.45) is 3.46. The van der Waals surface area contributed by atoms with Crippen LogP contribution in [0.1, 0.15) is 25.5 Å². The molecule has 1 aromatic rings. The van der Waals surface area contributed by atoms with Gasteiger partial charge >= 0.3 is 0 Å². The zero-order valence-corrected chi connectivity index (χ0v) is 7.82. The summed E-state index contributed by atoms with van der Waals surface area (Å²) in [5.41, 5.74) is 6.22. The number of unbranched alkanes of at least 4 members (excludes halogenated alkanes) is 1. The molecular formula is C9H14N4. The molecule has 0 saturated carbocycles. The second-order valence-electron chi connectivity index (χ2n) is 2.63. The third kappa shape index (κ3) is 2.88. The second-order valence-corrected chi connectivity index (χ2v) is 2.63. The van der Waals surface area contributed by atoms with Crippen LogP contribution in [0.5, 0.6) is 0 Å². The minimum absolute atomic E-state index is 0.694. The molecule has 70 valence electrons. The van der Waals surface area contributed by atoms with E-state index in [2.05, 4.69) is 22.2 Å². The summed E-state index contributed by atoms with van der Waals surface area (Å²) in [5.74, 6) is 6.04. The molecule has 0 radical (unpaired) electrons. The van der Waals surface area contributed by atoms with Crippen LogP contribution in [-0.2, 0) is 6.54 Å². The lowest BCUT2D eigenvalue weighted by Crippen LogP contribution is -1.99. The highest BCUT2D eigenvalue weighted by Gasteiger charge is 1.95. The lowest BCUT2D eigenvalue weighted by molar-refractivity contribution is 0.621. The third-order valence-electron chi connectivity index (χ3n) is 1.64. The number of nitrogens with two attached hydrogens (primary N) is 1. The summed E-state index contributed by atoms with van der Waals surface area (Å²) in [6, 6.07) is 0. The van der Waals surface area contributed by atoms with Crippen molar-refractivity contribution in [2.24, 2.45) is 5.73 Å². The number of aryl methyl sites for hydroxylation is 1. The summed E-state index contributed by atoms with van der Waals surface area (Å²) >= 11 is 0. The Morgan fingerprint density at radius 2 is 2.46 bits per heavy atom. The summed E-state index contributed by atoms with van der Waals surface area (Å²) in [5, 5.41) is 7.65. The number of rotatable bonds is 3. The largest absolute Gasteiger partial charge is 0.330 e. The predicted molar refractivity (Wildman–Crippen MR) is 50.9 cm³/mol. The molecule has 0 amide bonds. The molecular weight excluding hydrogens is 164 g/mol. The van der Waals surface area contributed by atoms with E-state index in [1.165, 1.54) is 0 Å². The fraction of sp³-hybridized carbons (Fsp3) is 0.556. The number of hydrogen-bond donors (Lipinski definition) is 1. The fourth-order valence-electron chi connectivity index (χ4n) is 0.932. The third-order valence-corrected chi connectivity index (χ3v) is 1.64. The van der Waals surface area contributed by atoms with Gasteiger partial charge in [0.25, 0.3) is 0 Å². The topological polar surface area (TPSA) is 56.7 Å². The van der Waals surface area contributed by atoms with Crippen molar-refractivity contribution in [1.82, 2.24) is 15.0 Å². The average molecular weight is 178 g/mol. The summed E-state index contributed by atoms with van der Waals surface area (Å²) < 4.78 is 1.77. The number of nitrogens with zero attached hydrogens (tertiary/aromatic N) is 3. The molecule has 0 fully saturated rings. The monoisotopic (exact) mass is 178 g/mol. The maximum atomic E-state index is 5.35. The molecule has 0 spiro atoms. The van der Waals surface area contributed by atoms with E-state index in [0.29, 0.717) is 6.54 Å². The smallest absolute Gasteiger partial charge is 0.131 e. The van der Waals surface area contributed by atoms with E-state index in [1.54, 1.807) is 10.9 Å². The SMILES string of the molecule is CCn1nncc1C#CCCCN. The van der Waals surface area contributed by atoms with Gasteiger partial charge in [-0.1, -0.05) is 11.1 Å². The molecule has 0 unspecified atom stereocenters. The first-order valence-corrected chi connectivity index (χ1v) is 4.46. The lowest BCUT2D eigenvalue weighted by atomic mass is 10.3. The molecule has 2 N–H and O–H groups in total. The average Bonchev–Trinajstić information content (AvgIpc) is 2.60. The summed E-state index contributed by atoms with van der Waals surface area (Å²) in [7, 11) is 0. The number of aromatic nitrogens is 3. The van der Waals surface area contributed by atoms with Crippen LogP contribution in [0, 0.1) is 11.8 Å². The Morgan fingerprint density at radius 3 is 3.15 bits per heavy atom. The summed E-state index contributed by atoms with van der Waals surface area (Å²) in [4.78, 5) is 0. The van der Waals surface area contributed by atoms with Crippen LogP contribution in [0.25, 0.3) is 0 Å². The van der Waals surface area contributed by atoms with Crippen LogP contribution in [0.15, 0.2) is 6.20 Å². The minimum atomic E-state index is 0.694. The zero-order valence-electron chi connectivity index (χ0n) is 7.82. The summed E-state index contributed by atoms with van der Waals surface area (Å²) in [6.45, 7) is 3.51. The molecule has 0 saturated heterocycles. The van der Waals surface area contributed by atoms with Crippen molar-refractivity contribution in [3.05, 3.63) is 11.9 Å². The van der Waals surface area contributed by atoms with Gasteiger partial charge in [-0.05, 0) is 25.8 Å². The highest BCUT2D eigenvalue weighted by molar-refractivity contribution is 5.24. The molecule has 4 heteroatoms. The van der Waals surface area contributed by atoms with Crippen LogP contribution in [0.4, 0.5) is 0 Å². The van der Waals surface area contributed by atoms with Gasteiger partial charge in [0, 0.05) is 13.0 Å². The first-order chi connectivity index (χ1) is 6.38. The molecule has 4 nitrogen and oxygen atoms in total. The van der Waals surface area contributed by atoms with Crippen molar-refractivity contribution < 1.29 is 0 Å². The first kappa shape index (κ1) is 9.75. The maximum Gasteiger partial charge on any atom is 0.131 e. The van der Waals surface area contributed by atoms with Crippen molar-refractivity contribution in [3.63, 3.8) is 0 Å². The fourth-order valence-corrected chi connectivity index (χ4v) is 0.932. The van der Waals surface area contributed by atoms with Crippen LogP contribution < -0.4 is 5.73 Å². The first-order valence-electron chi connectivity index (χ1n) is 4.46. The molecule has 1 aromatic heterocycles. The highest BCUT2D eigenvalue weighted by Crippen LogP contribution is 1.93. The number of hydrogen-bond acceptors (Lipinski definition) is 3. The van der Waals surface area contributed by atoms with Crippen molar-refractivity contribution in [3.8, 4) is 11.8 Å². The highest BCUT2D eigenvalue weighted by atomic mass is 15.4. The van der Waals surface area contributed by atoms with Crippen LogP contribution >= 0.6 is 0 Å². The normalized spacial score (nSPS) is 9.38. The van der Waals surface area contributed by atoms with Crippen LogP contribution in [-0.4, -0.2) is 21.5 Å². The van der Waals surface area contributed by atoms with Gasteiger partial charge in [-0.3, -0.25) is 0 Å². The van der Waals surface area contributed by atoms with E-state index in [9.17, 15) is 0 Å². The Hall–Kier alpha value is -1.34. The van der Waals surface area contributed by atoms with Crippen molar-refractivity contribution in [2.45, 2.75) is 26.3 Å². The van der Waals surface area contributed by atoms with Crippen molar-refractivity contribution in [1.29, 1.82) is 0 Å². The molecule has 1 rings (SSSR count). The van der Waals surface area contributed by atoms with Gasteiger partial charge in [-0.2, -0.15) is 0 Å². The second kappa shape index (κ2) is 5.33. The van der Waals surface area contributed by atoms with Crippen molar-refractivity contribution in [2.75, 3.05) is 6.54 Å². The van der Waals surface area contributed by atoms with Gasteiger partial charge in [0.1, 0.15) is 5.69 Å². The molecule has 0 atom stereocenters. The molecule has 1 heterocycles. The van der Waals surface area contributed by atoms with Gasteiger partial charge in [0.05, 0.1) is 6.20 Å². The van der Waals surface area contributed by atoms with Crippen LogP contribution in [0.3, 0.4) is 0 Å². The van der Waals surface area contributed by atoms with E-state index < -0.39 is 0 Å². The Morgan fingerprint density at radius 1 is 1.62 bits per heavy atom. The van der Waals surface area contributed by atoms with E-state index in [-0.39, 0.29) is 0 Å². The standard InChI is InChI=1S/C9H14N4/c1-2-13-9(8-11-12-13)6-4-3-5-7-10/h8H,2-3,5,7,10H2,1H3. The Labute approximate surface area is 78.1 Å². The molecule has 0 bridgehead atoms. The molecule has 0 aliphatic heterocycles. The van der Waals surface area contributed by atoms with Crippen LogP contribution in [0.2, 0.25) is 0 Å². The van der Waals surface area contributed by atoms with E-state index in [1.807, 2.05) is 6.92 Å². The van der Waals surface area contributed by atoms with Gasteiger partial charge < -0.3 is 5.73 Å². The van der Waals surface area contributed by atoms with Gasteiger partial charge in [0.15, 0.2) is 0 Å². The Bertz CT molecular complexity index is 305. The van der Waals surface area contributed by atoms with E-state index >= 15 is 0 Å².